The first-order valence-corrected chi connectivity index (χ1v) is 8.74. The zero-order chi connectivity index (χ0) is 20.0. The van der Waals surface area contributed by atoms with Crippen molar-refractivity contribution in [2.24, 2.45) is 0 Å². The van der Waals surface area contributed by atoms with Gasteiger partial charge >= 0.3 is 0 Å². The fourth-order valence-corrected chi connectivity index (χ4v) is 2.93. The molecule has 0 unspecified atom stereocenters. The summed E-state index contributed by atoms with van der Waals surface area (Å²) < 4.78 is 6.91. The first-order chi connectivity index (χ1) is 13.0. The van der Waals surface area contributed by atoms with Crippen LogP contribution in [-0.2, 0) is 9.53 Å². The molecule has 1 fully saturated rings. The number of hydrogen-bond acceptors (Lipinski definition) is 7. The van der Waals surface area contributed by atoms with Crippen molar-refractivity contribution in [3.8, 4) is 0 Å². The van der Waals surface area contributed by atoms with Crippen molar-refractivity contribution in [1.82, 2.24) is 14.8 Å². The van der Waals surface area contributed by atoms with Crippen molar-refractivity contribution in [3.05, 3.63) is 30.4 Å². The van der Waals surface area contributed by atoms with E-state index in [1.165, 1.54) is 11.6 Å². The predicted molar refractivity (Wildman–Crippen MR) is 109 cm³/mol. The van der Waals surface area contributed by atoms with Gasteiger partial charge < -0.3 is 20.2 Å². The highest BCUT2D eigenvalue weighted by Crippen LogP contribution is 2.32. The molecule has 0 amide bonds. The van der Waals surface area contributed by atoms with E-state index in [0.717, 1.165) is 41.7 Å². The monoisotopic (exact) mass is 370 g/mol. The molecule has 1 aliphatic rings. The lowest BCUT2D eigenvalue weighted by Gasteiger charge is -2.28. The lowest BCUT2D eigenvalue weighted by Crippen LogP contribution is -2.36. The van der Waals surface area contributed by atoms with Gasteiger partial charge in [-0.05, 0) is 38.0 Å². The second kappa shape index (κ2) is 9.09. The van der Waals surface area contributed by atoms with E-state index < -0.39 is 0 Å². The molecule has 144 valence electrons. The number of rotatable bonds is 3. The normalized spacial score (nSPS) is 14.5. The van der Waals surface area contributed by atoms with Gasteiger partial charge in [0.05, 0.1) is 18.6 Å². The zero-order valence-corrected chi connectivity index (χ0v) is 16.0. The summed E-state index contributed by atoms with van der Waals surface area (Å²) >= 11 is 0. The van der Waals surface area contributed by atoms with Gasteiger partial charge in [0.1, 0.15) is 17.9 Å². The standard InChI is InChI=1S/C17H22N6O.C2H4O/c1-4-12(5-2)13-10-14(22-6-8-24-9-7-22)20-17-15(13)16(19)21-23(17)11(3)18;1-2-3/h4-5,10,18H,1,6-9H2,2-3H3,(H2,19,21);2H,1H3/b12-5+,18-11?;. The molecule has 8 heteroatoms. The number of nitrogen functional groups attached to an aromatic ring is 1. The van der Waals surface area contributed by atoms with Crippen LogP contribution in [0.25, 0.3) is 16.6 Å². The molecule has 3 rings (SSSR count). The SMILES string of the molecule is C=C/C(=C\C)c1cc(N2CCOCC2)nc2c1c(N)nn2C(C)=N.CC=O. The molecule has 0 aromatic carbocycles. The van der Waals surface area contributed by atoms with Gasteiger partial charge in [-0.1, -0.05) is 18.7 Å². The van der Waals surface area contributed by atoms with Gasteiger partial charge in [0, 0.05) is 13.1 Å². The second-order valence-electron chi connectivity index (χ2n) is 5.89. The summed E-state index contributed by atoms with van der Waals surface area (Å²) in [5.74, 6) is 1.48. The van der Waals surface area contributed by atoms with E-state index in [1.54, 1.807) is 13.0 Å². The van der Waals surface area contributed by atoms with Gasteiger partial charge in [0.2, 0.25) is 0 Å². The molecular weight excluding hydrogens is 344 g/mol. The topological polar surface area (TPSA) is 110 Å². The Hall–Kier alpha value is -3.00. The van der Waals surface area contributed by atoms with Crippen LogP contribution >= 0.6 is 0 Å². The molecule has 2 aromatic rings. The van der Waals surface area contributed by atoms with Crippen molar-refractivity contribution in [2.45, 2.75) is 20.8 Å². The number of carbonyl (C=O) groups excluding carboxylic acids is 1. The molecular formula is C19H26N6O2. The molecule has 3 N–H and O–H groups in total. The number of carbonyl (C=O) groups is 1. The van der Waals surface area contributed by atoms with Crippen molar-refractivity contribution in [3.63, 3.8) is 0 Å². The molecule has 2 aromatic heterocycles. The van der Waals surface area contributed by atoms with Gasteiger partial charge in [-0.3, -0.25) is 5.41 Å². The van der Waals surface area contributed by atoms with Crippen LogP contribution in [0.4, 0.5) is 11.6 Å². The summed E-state index contributed by atoms with van der Waals surface area (Å²) in [6.07, 6.45) is 4.53. The predicted octanol–water partition coefficient (Wildman–Crippen LogP) is 2.49. The van der Waals surface area contributed by atoms with E-state index in [-0.39, 0.29) is 5.84 Å². The average Bonchev–Trinajstić information content (AvgIpc) is 3.01. The number of anilines is 2. The molecule has 0 spiro atoms. The van der Waals surface area contributed by atoms with Crippen LogP contribution in [0.1, 0.15) is 26.3 Å². The lowest BCUT2D eigenvalue weighted by molar-refractivity contribution is -0.106. The van der Waals surface area contributed by atoms with Gasteiger partial charge in [0.15, 0.2) is 11.5 Å². The number of nitrogens with one attached hydrogen (secondary N) is 1. The van der Waals surface area contributed by atoms with Crippen LogP contribution in [0.15, 0.2) is 24.8 Å². The van der Waals surface area contributed by atoms with Crippen LogP contribution in [0.2, 0.25) is 0 Å². The van der Waals surface area contributed by atoms with E-state index in [9.17, 15) is 0 Å². The fourth-order valence-electron chi connectivity index (χ4n) is 2.93. The first kappa shape index (κ1) is 20.3. The number of nitrogens with two attached hydrogens (primary N) is 1. The van der Waals surface area contributed by atoms with Crippen molar-refractivity contribution in [2.75, 3.05) is 36.9 Å². The Balaban J connectivity index is 0.000000817. The average molecular weight is 370 g/mol. The third-order valence-corrected chi connectivity index (χ3v) is 4.15. The molecule has 0 saturated carbocycles. The number of aromatic nitrogens is 3. The van der Waals surface area contributed by atoms with Crippen LogP contribution in [0.5, 0.6) is 0 Å². The van der Waals surface area contributed by atoms with E-state index in [2.05, 4.69) is 16.6 Å². The molecule has 8 nitrogen and oxygen atoms in total. The Morgan fingerprint density at radius 1 is 1.37 bits per heavy atom. The fraction of sp³-hybridized carbons (Fsp3) is 0.368. The molecule has 0 aliphatic carbocycles. The van der Waals surface area contributed by atoms with E-state index in [0.29, 0.717) is 24.7 Å². The number of allylic oxidation sites excluding steroid dienone is 3. The van der Waals surface area contributed by atoms with Crippen LogP contribution in [0.3, 0.4) is 0 Å². The summed E-state index contributed by atoms with van der Waals surface area (Å²) in [5, 5.41) is 13.0. The third-order valence-electron chi connectivity index (χ3n) is 4.15. The molecule has 0 radical (unpaired) electrons. The second-order valence-corrected chi connectivity index (χ2v) is 5.89. The van der Waals surface area contributed by atoms with Gasteiger partial charge in [-0.2, -0.15) is 4.68 Å². The summed E-state index contributed by atoms with van der Waals surface area (Å²) in [7, 11) is 0. The minimum absolute atomic E-state index is 0.273. The highest BCUT2D eigenvalue weighted by atomic mass is 16.5. The number of fused-ring (bicyclic) bond motifs is 1. The summed E-state index contributed by atoms with van der Waals surface area (Å²) in [6, 6.07) is 2.02. The summed E-state index contributed by atoms with van der Waals surface area (Å²) in [5.41, 5.74) is 8.62. The van der Waals surface area contributed by atoms with Crippen LogP contribution in [0, 0.1) is 5.41 Å². The van der Waals surface area contributed by atoms with Gasteiger partial charge in [-0.25, -0.2) is 4.98 Å². The molecule has 0 bridgehead atoms. The Bertz CT molecular complexity index is 878. The number of hydrogen-bond donors (Lipinski definition) is 2. The summed E-state index contributed by atoms with van der Waals surface area (Å²) in [6.45, 7) is 11.9. The largest absolute Gasteiger partial charge is 0.382 e. The maximum atomic E-state index is 8.81. The Morgan fingerprint density at radius 2 is 2.00 bits per heavy atom. The third kappa shape index (κ3) is 4.22. The van der Waals surface area contributed by atoms with E-state index >= 15 is 0 Å². The minimum atomic E-state index is 0.273. The minimum Gasteiger partial charge on any atom is -0.382 e. The van der Waals surface area contributed by atoms with Crippen molar-refractivity contribution >= 4 is 40.4 Å². The number of pyridine rings is 1. The highest BCUT2D eigenvalue weighted by molar-refractivity contribution is 6.03. The van der Waals surface area contributed by atoms with Crippen molar-refractivity contribution in [1.29, 1.82) is 5.41 Å². The maximum absolute atomic E-state index is 8.81. The molecule has 1 aliphatic heterocycles. The Labute approximate surface area is 158 Å². The van der Waals surface area contributed by atoms with Gasteiger partial charge in [0.25, 0.3) is 0 Å². The molecule has 0 atom stereocenters. The molecule has 3 heterocycles. The highest BCUT2D eigenvalue weighted by Gasteiger charge is 2.21. The number of nitrogens with zero attached hydrogens (tertiary/aromatic N) is 4. The Kier molecular flexibility index (Phi) is 6.84. The van der Waals surface area contributed by atoms with E-state index in [1.807, 2.05) is 19.1 Å². The first-order valence-electron chi connectivity index (χ1n) is 8.74. The summed E-state index contributed by atoms with van der Waals surface area (Å²) in [4.78, 5) is 15.7. The lowest BCUT2D eigenvalue weighted by atomic mass is 10.0. The number of ether oxygens (including phenoxy) is 1. The number of aldehydes is 1. The van der Waals surface area contributed by atoms with Gasteiger partial charge in [-0.15, -0.1) is 5.10 Å². The van der Waals surface area contributed by atoms with Crippen LogP contribution < -0.4 is 10.6 Å². The zero-order valence-electron chi connectivity index (χ0n) is 16.0. The quantitative estimate of drug-likeness (QED) is 0.372. The maximum Gasteiger partial charge on any atom is 0.169 e. The van der Waals surface area contributed by atoms with Crippen molar-refractivity contribution < 1.29 is 9.53 Å². The number of morpholine rings is 1. The molecule has 27 heavy (non-hydrogen) atoms. The van der Waals surface area contributed by atoms with Crippen LogP contribution in [-0.4, -0.2) is 53.2 Å². The molecule has 1 saturated heterocycles. The van der Waals surface area contributed by atoms with E-state index in [4.69, 9.17) is 25.7 Å². The smallest absolute Gasteiger partial charge is 0.169 e. The Morgan fingerprint density at radius 3 is 2.52 bits per heavy atom.